The number of hydrogen-bond donors (Lipinski definition) is 0. The lowest BCUT2D eigenvalue weighted by Gasteiger charge is -2.10. The second-order valence-electron chi connectivity index (χ2n) is 6.36. The van der Waals surface area contributed by atoms with Gasteiger partial charge in [-0.25, -0.2) is 0 Å². The van der Waals surface area contributed by atoms with E-state index in [-0.39, 0.29) is 0 Å². The van der Waals surface area contributed by atoms with Crippen LogP contribution in [-0.4, -0.2) is 23.7 Å². The number of nitrogens with zero attached hydrogens (tertiary/aromatic N) is 2. The molecular formula is C22H20N2O2S. The van der Waals surface area contributed by atoms with Crippen LogP contribution in [-0.2, 0) is 6.42 Å². The summed E-state index contributed by atoms with van der Waals surface area (Å²) in [5.74, 6) is 1.62. The molecule has 0 aliphatic carbocycles. The van der Waals surface area contributed by atoms with E-state index in [0.29, 0.717) is 6.61 Å². The van der Waals surface area contributed by atoms with Crippen molar-refractivity contribution in [1.82, 2.24) is 9.97 Å². The van der Waals surface area contributed by atoms with Crippen LogP contribution in [0.15, 0.2) is 60.4 Å². The summed E-state index contributed by atoms with van der Waals surface area (Å²) in [6.45, 7) is 2.69. The third kappa shape index (κ3) is 3.93. The van der Waals surface area contributed by atoms with E-state index in [4.69, 9.17) is 9.47 Å². The molecule has 0 saturated carbocycles. The molecule has 5 heteroatoms. The molecule has 0 amide bonds. The summed E-state index contributed by atoms with van der Waals surface area (Å²) in [6.07, 6.45) is 6.38. The molecule has 0 spiro atoms. The van der Waals surface area contributed by atoms with Crippen molar-refractivity contribution in [2.45, 2.75) is 13.3 Å². The smallest absolute Gasteiger partial charge is 0.130 e. The molecule has 0 aliphatic heterocycles. The van der Waals surface area contributed by atoms with Gasteiger partial charge in [-0.05, 0) is 53.8 Å². The summed E-state index contributed by atoms with van der Waals surface area (Å²) in [6, 6.07) is 12.1. The number of benzene rings is 1. The number of aromatic nitrogens is 2. The molecule has 0 N–H and O–H groups in total. The zero-order valence-corrected chi connectivity index (χ0v) is 16.1. The van der Waals surface area contributed by atoms with Crippen LogP contribution in [0.3, 0.4) is 0 Å². The average Bonchev–Trinajstić information content (AvgIpc) is 3.14. The van der Waals surface area contributed by atoms with Crippen molar-refractivity contribution < 1.29 is 9.47 Å². The van der Waals surface area contributed by atoms with E-state index in [9.17, 15) is 0 Å². The molecule has 3 aromatic heterocycles. The standard InChI is InChI=1S/C22H20N2O2S/c1-15-9-22(27-14-15)17-10-16(12-23-13-17)6-8-26-21-5-7-24-20-11-18(25-2)3-4-19(20)21/h3-5,7,9-14H,6,8H2,1-2H3. The van der Waals surface area contributed by atoms with Gasteiger partial charge >= 0.3 is 0 Å². The van der Waals surface area contributed by atoms with Crippen molar-refractivity contribution in [1.29, 1.82) is 0 Å². The second-order valence-corrected chi connectivity index (χ2v) is 7.27. The minimum atomic E-state index is 0.583. The number of methoxy groups -OCH3 is 1. The Labute approximate surface area is 162 Å². The van der Waals surface area contributed by atoms with Crippen molar-refractivity contribution in [3.05, 3.63) is 71.5 Å². The topological polar surface area (TPSA) is 44.2 Å². The molecule has 0 bridgehead atoms. The number of hydrogen-bond acceptors (Lipinski definition) is 5. The summed E-state index contributed by atoms with van der Waals surface area (Å²) in [4.78, 5) is 10.0. The Balaban J connectivity index is 1.47. The molecule has 0 aliphatic rings. The van der Waals surface area contributed by atoms with Crippen LogP contribution in [0.25, 0.3) is 21.3 Å². The van der Waals surface area contributed by atoms with Gasteiger partial charge in [0.25, 0.3) is 0 Å². The monoisotopic (exact) mass is 376 g/mol. The minimum Gasteiger partial charge on any atom is -0.497 e. The van der Waals surface area contributed by atoms with Crippen molar-refractivity contribution in [3.63, 3.8) is 0 Å². The molecule has 0 radical (unpaired) electrons. The highest BCUT2D eigenvalue weighted by molar-refractivity contribution is 7.13. The highest BCUT2D eigenvalue weighted by atomic mass is 32.1. The second kappa shape index (κ2) is 7.76. The Hall–Kier alpha value is -2.92. The molecule has 136 valence electrons. The summed E-state index contributed by atoms with van der Waals surface area (Å²) in [7, 11) is 1.65. The molecule has 0 fully saturated rings. The molecule has 4 nitrogen and oxygen atoms in total. The van der Waals surface area contributed by atoms with E-state index in [1.807, 2.05) is 36.7 Å². The Morgan fingerprint density at radius 3 is 2.81 bits per heavy atom. The molecule has 0 saturated heterocycles. The van der Waals surface area contributed by atoms with Gasteiger partial charge in [0.15, 0.2) is 0 Å². The van der Waals surface area contributed by atoms with E-state index in [2.05, 4.69) is 34.4 Å². The van der Waals surface area contributed by atoms with Crippen LogP contribution < -0.4 is 9.47 Å². The van der Waals surface area contributed by atoms with Crippen molar-refractivity contribution >= 4 is 22.2 Å². The third-order valence-corrected chi connectivity index (χ3v) is 5.47. The van der Waals surface area contributed by atoms with Gasteiger partial charge in [-0.1, -0.05) is 0 Å². The zero-order chi connectivity index (χ0) is 18.6. The van der Waals surface area contributed by atoms with Gasteiger partial charge in [0.05, 0.1) is 19.2 Å². The fraction of sp³-hybridized carbons (Fsp3) is 0.182. The Kier molecular flexibility index (Phi) is 5.03. The van der Waals surface area contributed by atoms with Crippen LogP contribution in [0.2, 0.25) is 0 Å². The molecular weight excluding hydrogens is 356 g/mol. The van der Waals surface area contributed by atoms with Crippen LogP contribution in [0.5, 0.6) is 11.5 Å². The van der Waals surface area contributed by atoms with Crippen molar-refractivity contribution in [3.8, 4) is 21.9 Å². The summed E-state index contributed by atoms with van der Waals surface area (Å²) in [5, 5.41) is 3.15. The van der Waals surface area contributed by atoms with Crippen LogP contribution in [0.1, 0.15) is 11.1 Å². The van der Waals surface area contributed by atoms with E-state index in [1.54, 1.807) is 24.6 Å². The first-order valence-corrected chi connectivity index (χ1v) is 9.66. The predicted octanol–water partition coefficient (Wildman–Crippen LogP) is 5.30. The van der Waals surface area contributed by atoms with Crippen LogP contribution in [0, 0.1) is 6.92 Å². The van der Waals surface area contributed by atoms with E-state index >= 15 is 0 Å². The van der Waals surface area contributed by atoms with Crippen LogP contribution in [0.4, 0.5) is 0 Å². The summed E-state index contributed by atoms with van der Waals surface area (Å²) < 4.78 is 11.3. The number of thiophene rings is 1. The molecule has 4 rings (SSSR count). The van der Waals surface area contributed by atoms with Crippen molar-refractivity contribution in [2.24, 2.45) is 0 Å². The lowest BCUT2D eigenvalue weighted by molar-refractivity contribution is 0.325. The van der Waals surface area contributed by atoms with Crippen LogP contribution >= 0.6 is 11.3 Å². The zero-order valence-electron chi connectivity index (χ0n) is 15.3. The van der Waals surface area contributed by atoms with E-state index in [1.165, 1.54) is 16.0 Å². The van der Waals surface area contributed by atoms with Gasteiger partial charge in [-0.2, -0.15) is 0 Å². The number of fused-ring (bicyclic) bond motifs is 1. The fourth-order valence-corrected chi connectivity index (χ4v) is 3.86. The quantitative estimate of drug-likeness (QED) is 0.458. The molecule has 3 heterocycles. The molecule has 1 aromatic carbocycles. The highest BCUT2D eigenvalue weighted by Crippen LogP contribution is 2.28. The normalized spacial score (nSPS) is 10.9. The number of aryl methyl sites for hydroxylation is 1. The Morgan fingerprint density at radius 2 is 2.00 bits per heavy atom. The van der Waals surface area contributed by atoms with Gasteiger partial charge in [-0.3, -0.25) is 9.97 Å². The van der Waals surface area contributed by atoms with Gasteiger partial charge in [0, 0.05) is 46.9 Å². The maximum atomic E-state index is 6.04. The number of pyridine rings is 2. The number of ether oxygens (including phenoxy) is 2. The first kappa shape index (κ1) is 17.5. The van der Waals surface area contributed by atoms with Gasteiger partial charge in [-0.15, -0.1) is 11.3 Å². The third-order valence-electron chi connectivity index (χ3n) is 4.37. The molecule has 4 aromatic rings. The maximum absolute atomic E-state index is 6.04. The lowest BCUT2D eigenvalue weighted by Crippen LogP contribution is -2.02. The molecule has 27 heavy (non-hydrogen) atoms. The summed E-state index contributed by atoms with van der Waals surface area (Å²) >= 11 is 1.75. The van der Waals surface area contributed by atoms with E-state index in [0.717, 1.165) is 34.4 Å². The lowest BCUT2D eigenvalue weighted by atomic mass is 10.1. The Bertz CT molecular complexity index is 1070. The SMILES string of the molecule is COc1ccc2c(OCCc3cncc(-c4cc(C)cs4)c3)ccnc2c1. The van der Waals surface area contributed by atoms with Gasteiger partial charge < -0.3 is 9.47 Å². The largest absolute Gasteiger partial charge is 0.497 e. The molecule has 0 unspecified atom stereocenters. The Morgan fingerprint density at radius 1 is 1.07 bits per heavy atom. The number of rotatable bonds is 6. The van der Waals surface area contributed by atoms with E-state index < -0.39 is 0 Å². The first-order chi connectivity index (χ1) is 13.2. The first-order valence-electron chi connectivity index (χ1n) is 8.78. The summed E-state index contributed by atoms with van der Waals surface area (Å²) in [5.41, 5.74) is 4.47. The predicted molar refractivity (Wildman–Crippen MR) is 110 cm³/mol. The fourth-order valence-electron chi connectivity index (χ4n) is 2.98. The van der Waals surface area contributed by atoms with Crippen molar-refractivity contribution in [2.75, 3.05) is 13.7 Å². The average molecular weight is 376 g/mol. The highest BCUT2D eigenvalue weighted by Gasteiger charge is 2.06. The minimum absolute atomic E-state index is 0.583. The maximum Gasteiger partial charge on any atom is 0.130 e. The van der Waals surface area contributed by atoms with Gasteiger partial charge in [0.2, 0.25) is 0 Å². The molecule has 0 atom stereocenters. The van der Waals surface area contributed by atoms with Gasteiger partial charge in [0.1, 0.15) is 11.5 Å².